The molecule has 1 aromatic heterocycles. The predicted molar refractivity (Wildman–Crippen MR) is 83.0 cm³/mol. The minimum atomic E-state index is -0.336. The summed E-state index contributed by atoms with van der Waals surface area (Å²) in [5, 5.41) is 12.4. The van der Waals surface area contributed by atoms with Crippen molar-refractivity contribution in [2.45, 2.75) is 25.7 Å². The molecule has 3 nitrogen and oxygen atoms in total. The summed E-state index contributed by atoms with van der Waals surface area (Å²) < 4.78 is 14.1. The van der Waals surface area contributed by atoms with Crippen molar-refractivity contribution in [1.29, 1.82) is 5.26 Å². The van der Waals surface area contributed by atoms with Gasteiger partial charge >= 0.3 is 0 Å². The van der Waals surface area contributed by atoms with Gasteiger partial charge in [0.05, 0.1) is 11.3 Å². The van der Waals surface area contributed by atoms with Crippen LogP contribution in [0.2, 0.25) is 0 Å². The third-order valence-electron chi connectivity index (χ3n) is 3.60. The van der Waals surface area contributed by atoms with Crippen LogP contribution in [0.3, 0.4) is 0 Å². The van der Waals surface area contributed by atoms with E-state index in [-0.39, 0.29) is 5.82 Å². The minimum absolute atomic E-state index is 0.336. The van der Waals surface area contributed by atoms with Crippen molar-refractivity contribution >= 4 is 27.4 Å². The smallest absolute Gasteiger partial charge is 0.148 e. The number of rotatable bonds is 2. The fourth-order valence-corrected chi connectivity index (χ4v) is 2.88. The molecule has 1 aliphatic rings. The molecule has 0 fully saturated rings. The maximum absolute atomic E-state index is 13.4. The van der Waals surface area contributed by atoms with Crippen LogP contribution in [0.15, 0.2) is 28.7 Å². The Bertz CT molecular complexity index is 737. The predicted octanol–water partition coefficient (Wildman–Crippen LogP) is 4.48. The summed E-state index contributed by atoms with van der Waals surface area (Å²) in [6.07, 6.45) is 4.16. The molecule has 0 unspecified atom stereocenters. The fourth-order valence-electron chi connectivity index (χ4n) is 2.54. The highest BCUT2D eigenvalue weighted by Gasteiger charge is 2.16. The van der Waals surface area contributed by atoms with Crippen LogP contribution in [0, 0.1) is 17.1 Å². The zero-order chi connectivity index (χ0) is 14.8. The zero-order valence-electron chi connectivity index (χ0n) is 11.3. The van der Waals surface area contributed by atoms with Gasteiger partial charge in [-0.05, 0) is 71.4 Å². The van der Waals surface area contributed by atoms with Crippen LogP contribution in [0.4, 0.5) is 15.9 Å². The van der Waals surface area contributed by atoms with Gasteiger partial charge in [-0.3, -0.25) is 0 Å². The van der Waals surface area contributed by atoms with Gasteiger partial charge in [-0.15, -0.1) is 0 Å². The van der Waals surface area contributed by atoms with Gasteiger partial charge in [-0.25, -0.2) is 9.37 Å². The average molecular weight is 346 g/mol. The third kappa shape index (κ3) is 2.91. The molecule has 0 bridgehead atoms. The molecule has 3 rings (SSSR count). The number of aromatic nitrogens is 1. The Hall–Kier alpha value is -1.93. The number of nitrogens with one attached hydrogen (secondary N) is 1. The largest absolute Gasteiger partial charge is 0.338 e. The Morgan fingerprint density at radius 3 is 2.86 bits per heavy atom. The minimum Gasteiger partial charge on any atom is -0.338 e. The average Bonchev–Trinajstić information content (AvgIpc) is 2.50. The van der Waals surface area contributed by atoms with Crippen LogP contribution in [0.1, 0.15) is 29.7 Å². The first-order valence-electron chi connectivity index (χ1n) is 6.82. The molecule has 0 saturated heterocycles. The van der Waals surface area contributed by atoms with E-state index in [0.717, 1.165) is 41.4 Å². The van der Waals surface area contributed by atoms with E-state index in [2.05, 4.69) is 32.3 Å². The van der Waals surface area contributed by atoms with Gasteiger partial charge < -0.3 is 5.32 Å². The van der Waals surface area contributed by atoms with Gasteiger partial charge in [0.2, 0.25) is 0 Å². The van der Waals surface area contributed by atoms with E-state index in [1.807, 2.05) is 6.07 Å². The molecule has 0 amide bonds. The molecule has 0 radical (unpaired) electrons. The lowest BCUT2D eigenvalue weighted by molar-refractivity contribution is 0.628. The quantitative estimate of drug-likeness (QED) is 0.872. The summed E-state index contributed by atoms with van der Waals surface area (Å²) in [6.45, 7) is 0. The van der Waals surface area contributed by atoms with Crippen LogP contribution in [0.25, 0.3) is 0 Å². The Balaban J connectivity index is 2.02. The maximum atomic E-state index is 13.4. The normalized spacial score (nSPS) is 13.4. The summed E-state index contributed by atoms with van der Waals surface area (Å²) in [5.74, 6) is 0.154. The van der Waals surface area contributed by atoms with Crippen molar-refractivity contribution < 1.29 is 4.39 Å². The highest BCUT2D eigenvalue weighted by atomic mass is 79.9. The van der Waals surface area contributed by atoms with Crippen molar-refractivity contribution in [2.24, 2.45) is 0 Å². The second kappa shape index (κ2) is 5.82. The molecule has 2 aromatic rings. The molecule has 0 atom stereocenters. The van der Waals surface area contributed by atoms with Crippen LogP contribution in [0.5, 0.6) is 0 Å². The molecule has 0 saturated carbocycles. The number of halogens is 2. The number of nitriles is 1. The number of hydrogen-bond acceptors (Lipinski definition) is 3. The van der Waals surface area contributed by atoms with E-state index in [4.69, 9.17) is 0 Å². The Kier molecular flexibility index (Phi) is 3.89. The Morgan fingerprint density at radius 1 is 1.24 bits per heavy atom. The number of pyridine rings is 1. The molecule has 5 heteroatoms. The topological polar surface area (TPSA) is 48.7 Å². The number of hydrogen-bond donors (Lipinski definition) is 1. The molecule has 1 aliphatic carbocycles. The number of aryl methyl sites for hydroxylation is 2. The summed E-state index contributed by atoms with van der Waals surface area (Å²) in [6, 6.07) is 8.45. The Morgan fingerprint density at radius 2 is 2.05 bits per heavy atom. The molecule has 1 heterocycles. The first-order chi connectivity index (χ1) is 10.2. The van der Waals surface area contributed by atoms with Gasteiger partial charge in [0.25, 0.3) is 0 Å². The van der Waals surface area contributed by atoms with E-state index in [9.17, 15) is 9.65 Å². The standard InChI is InChI=1S/C16H13BrFN3/c17-13-6-5-12(18)8-15(13)21-16-11(9-19)7-10-3-1-2-4-14(10)20-16/h5-8H,1-4H2,(H,20,21). The lowest BCUT2D eigenvalue weighted by Gasteiger charge is -2.17. The number of fused-ring (bicyclic) bond motifs is 1. The third-order valence-corrected chi connectivity index (χ3v) is 4.29. The van der Waals surface area contributed by atoms with E-state index in [1.165, 1.54) is 12.1 Å². The van der Waals surface area contributed by atoms with E-state index in [0.29, 0.717) is 17.1 Å². The lowest BCUT2D eigenvalue weighted by Crippen LogP contribution is -2.09. The van der Waals surface area contributed by atoms with Crippen LogP contribution in [-0.2, 0) is 12.8 Å². The summed E-state index contributed by atoms with van der Waals surface area (Å²) in [5.41, 5.74) is 3.25. The molecular formula is C16H13BrFN3. The lowest BCUT2D eigenvalue weighted by atomic mass is 9.95. The second-order valence-electron chi connectivity index (χ2n) is 5.06. The number of benzene rings is 1. The Labute approximate surface area is 131 Å². The van der Waals surface area contributed by atoms with Crippen molar-refractivity contribution in [2.75, 3.05) is 5.32 Å². The molecule has 1 N–H and O–H groups in total. The highest BCUT2D eigenvalue weighted by molar-refractivity contribution is 9.10. The van der Waals surface area contributed by atoms with Gasteiger partial charge in [-0.2, -0.15) is 5.26 Å². The maximum Gasteiger partial charge on any atom is 0.148 e. The van der Waals surface area contributed by atoms with Crippen molar-refractivity contribution in [1.82, 2.24) is 4.98 Å². The SMILES string of the molecule is N#Cc1cc2c(nc1Nc1cc(F)ccc1Br)CCCC2. The van der Waals surface area contributed by atoms with Crippen LogP contribution < -0.4 is 5.32 Å². The van der Waals surface area contributed by atoms with E-state index in [1.54, 1.807) is 6.07 Å². The first kappa shape index (κ1) is 14.0. The van der Waals surface area contributed by atoms with Crippen molar-refractivity contribution in [3.8, 4) is 6.07 Å². The molecule has 0 aliphatic heterocycles. The zero-order valence-corrected chi connectivity index (χ0v) is 12.9. The second-order valence-corrected chi connectivity index (χ2v) is 5.91. The highest BCUT2D eigenvalue weighted by Crippen LogP contribution is 2.30. The number of nitrogens with zero attached hydrogens (tertiary/aromatic N) is 2. The van der Waals surface area contributed by atoms with Gasteiger partial charge in [0.1, 0.15) is 17.7 Å². The molecular weight excluding hydrogens is 333 g/mol. The van der Waals surface area contributed by atoms with Crippen LogP contribution in [-0.4, -0.2) is 4.98 Å². The summed E-state index contributed by atoms with van der Waals surface area (Å²) >= 11 is 3.37. The van der Waals surface area contributed by atoms with Gasteiger partial charge in [0.15, 0.2) is 0 Å². The summed E-state index contributed by atoms with van der Waals surface area (Å²) in [4.78, 5) is 4.57. The fraction of sp³-hybridized carbons (Fsp3) is 0.250. The van der Waals surface area contributed by atoms with Crippen molar-refractivity contribution in [3.63, 3.8) is 0 Å². The molecule has 106 valence electrons. The van der Waals surface area contributed by atoms with E-state index >= 15 is 0 Å². The molecule has 1 aromatic carbocycles. The molecule has 21 heavy (non-hydrogen) atoms. The van der Waals surface area contributed by atoms with Crippen LogP contribution >= 0.6 is 15.9 Å². The van der Waals surface area contributed by atoms with E-state index < -0.39 is 0 Å². The van der Waals surface area contributed by atoms with Crippen molar-refractivity contribution in [3.05, 3.63) is 51.4 Å². The summed E-state index contributed by atoms with van der Waals surface area (Å²) in [7, 11) is 0. The first-order valence-corrected chi connectivity index (χ1v) is 7.61. The molecule has 0 spiro atoms. The monoisotopic (exact) mass is 345 g/mol. The van der Waals surface area contributed by atoms with Gasteiger partial charge in [0, 0.05) is 10.2 Å². The van der Waals surface area contributed by atoms with Gasteiger partial charge in [-0.1, -0.05) is 0 Å². The number of anilines is 2.